The van der Waals surface area contributed by atoms with Crippen LogP contribution >= 0.6 is 0 Å². The molecule has 122 valence electrons. The number of carbonyl (C=O) groups is 1. The highest BCUT2D eigenvalue weighted by atomic mass is 32.2. The number of anilines is 1. The standard InChI is InChI=1S/C17H20N2O3S/c1-3-16(13-8-5-4-6-9-13)18-17(20)14-10-7-11-15(12-14)19-23(2,21)22/h4-12,16,19H,3H2,1-2H3,(H,18,20). The van der Waals surface area contributed by atoms with E-state index in [0.29, 0.717) is 11.3 Å². The molecule has 0 heterocycles. The number of hydrogen-bond acceptors (Lipinski definition) is 3. The molecule has 5 nitrogen and oxygen atoms in total. The minimum absolute atomic E-state index is 0.0878. The molecular formula is C17H20N2O3S. The fourth-order valence-electron chi connectivity index (χ4n) is 2.29. The van der Waals surface area contributed by atoms with Gasteiger partial charge < -0.3 is 5.32 Å². The monoisotopic (exact) mass is 332 g/mol. The van der Waals surface area contributed by atoms with Gasteiger partial charge in [0.05, 0.1) is 12.3 Å². The van der Waals surface area contributed by atoms with Gasteiger partial charge in [0.2, 0.25) is 10.0 Å². The third-order valence-electron chi connectivity index (χ3n) is 3.34. The molecule has 0 bridgehead atoms. The molecule has 2 rings (SSSR count). The topological polar surface area (TPSA) is 75.3 Å². The van der Waals surface area contributed by atoms with Crippen LogP contribution in [-0.4, -0.2) is 20.6 Å². The van der Waals surface area contributed by atoms with E-state index in [1.165, 1.54) is 6.07 Å². The van der Waals surface area contributed by atoms with Gasteiger partial charge in [-0.2, -0.15) is 0 Å². The summed E-state index contributed by atoms with van der Waals surface area (Å²) in [6, 6.07) is 16.1. The van der Waals surface area contributed by atoms with Gasteiger partial charge in [-0.1, -0.05) is 43.3 Å². The van der Waals surface area contributed by atoms with Crippen molar-refractivity contribution >= 4 is 21.6 Å². The Hall–Kier alpha value is -2.34. The molecule has 2 aromatic rings. The lowest BCUT2D eigenvalue weighted by atomic mass is 10.0. The number of amides is 1. The van der Waals surface area contributed by atoms with E-state index in [9.17, 15) is 13.2 Å². The second-order valence-electron chi connectivity index (χ2n) is 5.30. The van der Waals surface area contributed by atoms with Gasteiger partial charge in [0, 0.05) is 11.3 Å². The fourth-order valence-corrected chi connectivity index (χ4v) is 2.84. The van der Waals surface area contributed by atoms with Gasteiger partial charge >= 0.3 is 0 Å². The first-order valence-electron chi connectivity index (χ1n) is 7.32. The normalized spacial score (nSPS) is 12.4. The van der Waals surface area contributed by atoms with Crippen LogP contribution in [0.5, 0.6) is 0 Å². The smallest absolute Gasteiger partial charge is 0.251 e. The summed E-state index contributed by atoms with van der Waals surface area (Å²) in [6.45, 7) is 2.00. The van der Waals surface area contributed by atoms with E-state index < -0.39 is 10.0 Å². The summed E-state index contributed by atoms with van der Waals surface area (Å²) in [7, 11) is -3.37. The van der Waals surface area contributed by atoms with Crippen molar-refractivity contribution in [3.05, 3.63) is 65.7 Å². The molecular weight excluding hydrogens is 312 g/mol. The third kappa shape index (κ3) is 5.10. The lowest BCUT2D eigenvalue weighted by molar-refractivity contribution is 0.0935. The highest BCUT2D eigenvalue weighted by molar-refractivity contribution is 7.92. The van der Waals surface area contributed by atoms with Crippen LogP contribution in [0.1, 0.15) is 35.3 Å². The molecule has 0 aliphatic carbocycles. The number of benzene rings is 2. The first-order valence-corrected chi connectivity index (χ1v) is 9.22. The van der Waals surface area contributed by atoms with Crippen LogP contribution in [0.3, 0.4) is 0 Å². The van der Waals surface area contributed by atoms with E-state index in [0.717, 1.165) is 18.2 Å². The van der Waals surface area contributed by atoms with Gasteiger partial charge in [0.1, 0.15) is 0 Å². The zero-order valence-electron chi connectivity index (χ0n) is 13.1. The SMILES string of the molecule is CCC(NC(=O)c1cccc(NS(C)(=O)=O)c1)c1ccccc1. The molecule has 0 saturated heterocycles. The van der Waals surface area contributed by atoms with Crippen molar-refractivity contribution in [3.8, 4) is 0 Å². The predicted octanol–water partition coefficient (Wildman–Crippen LogP) is 2.94. The van der Waals surface area contributed by atoms with Crippen molar-refractivity contribution in [1.29, 1.82) is 0 Å². The zero-order chi connectivity index (χ0) is 16.9. The molecule has 0 saturated carbocycles. The minimum Gasteiger partial charge on any atom is -0.345 e. The van der Waals surface area contributed by atoms with E-state index >= 15 is 0 Å². The van der Waals surface area contributed by atoms with Crippen molar-refractivity contribution in [2.75, 3.05) is 11.0 Å². The molecule has 23 heavy (non-hydrogen) atoms. The summed E-state index contributed by atoms with van der Waals surface area (Å²) in [5.74, 6) is -0.238. The summed E-state index contributed by atoms with van der Waals surface area (Å²) in [5.41, 5.74) is 1.81. The number of nitrogens with one attached hydrogen (secondary N) is 2. The van der Waals surface area contributed by atoms with Crippen molar-refractivity contribution in [1.82, 2.24) is 5.32 Å². The van der Waals surface area contributed by atoms with Gasteiger partial charge in [0.25, 0.3) is 5.91 Å². The van der Waals surface area contributed by atoms with Crippen molar-refractivity contribution in [3.63, 3.8) is 0 Å². The van der Waals surface area contributed by atoms with E-state index in [2.05, 4.69) is 10.0 Å². The van der Waals surface area contributed by atoms with E-state index in [4.69, 9.17) is 0 Å². The maximum absolute atomic E-state index is 12.4. The average Bonchev–Trinajstić information content (AvgIpc) is 2.52. The number of sulfonamides is 1. The quantitative estimate of drug-likeness (QED) is 0.854. The molecule has 1 atom stereocenters. The van der Waals surface area contributed by atoms with Crippen LogP contribution in [0.2, 0.25) is 0 Å². The van der Waals surface area contributed by atoms with Crippen LogP contribution in [0.25, 0.3) is 0 Å². The lowest BCUT2D eigenvalue weighted by Gasteiger charge is -2.17. The van der Waals surface area contributed by atoms with Crippen LogP contribution in [0, 0.1) is 0 Å². The minimum atomic E-state index is -3.37. The summed E-state index contributed by atoms with van der Waals surface area (Å²) in [4.78, 5) is 12.4. The number of hydrogen-bond donors (Lipinski definition) is 2. The Morgan fingerprint density at radius 3 is 2.39 bits per heavy atom. The molecule has 6 heteroatoms. The molecule has 2 aromatic carbocycles. The number of carbonyl (C=O) groups excluding carboxylic acids is 1. The van der Waals surface area contributed by atoms with Crippen molar-refractivity contribution in [2.24, 2.45) is 0 Å². The largest absolute Gasteiger partial charge is 0.345 e. The Bertz CT molecular complexity index is 773. The van der Waals surface area contributed by atoms with Crippen LogP contribution < -0.4 is 10.0 Å². The van der Waals surface area contributed by atoms with Gasteiger partial charge in [-0.05, 0) is 30.2 Å². The summed E-state index contributed by atoms with van der Waals surface area (Å²) in [5, 5.41) is 2.97. The second-order valence-corrected chi connectivity index (χ2v) is 7.05. The lowest BCUT2D eigenvalue weighted by Crippen LogP contribution is -2.28. The van der Waals surface area contributed by atoms with E-state index in [1.807, 2.05) is 37.3 Å². The predicted molar refractivity (Wildman–Crippen MR) is 91.8 cm³/mol. The highest BCUT2D eigenvalue weighted by Gasteiger charge is 2.14. The van der Waals surface area contributed by atoms with Gasteiger partial charge in [-0.3, -0.25) is 9.52 Å². The molecule has 0 aliphatic rings. The Labute approximate surface area is 136 Å². The summed E-state index contributed by atoms with van der Waals surface area (Å²) in [6.07, 6.45) is 1.83. The molecule has 0 fully saturated rings. The second kappa shape index (κ2) is 7.28. The van der Waals surface area contributed by atoms with Gasteiger partial charge in [0.15, 0.2) is 0 Å². The summed E-state index contributed by atoms with van der Waals surface area (Å²) >= 11 is 0. The first-order chi connectivity index (χ1) is 10.9. The average molecular weight is 332 g/mol. The van der Waals surface area contributed by atoms with Crippen molar-refractivity contribution < 1.29 is 13.2 Å². The number of rotatable bonds is 6. The van der Waals surface area contributed by atoms with E-state index in [1.54, 1.807) is 18.2 Å². The Morgan fingerprint density at radius 1 is 1.09 bits per heavy atom. The van der Waals surface area contributed by atoms with Crippen LogP contribution in [0.15, 0.2) is 54.6 Å². The van der Waals surface area contributed by atoms with Crippen LogP contribution in [-0.2, 0) is 10.0 Å². The van der Waals surface area contributed by atoms with E-state index in [-0.39, 0.29) is 11.9 Å². The Morgan fingerprint density at radius 2 is 1.78 bits per heavy atom. The Kier molecular flexibility index (Phi) is 5.39. The molecule has 0 radical (unpaired) electrons. The van der Waals surface area contributed by atoms with Gasteiger partial charge in [-0.25, -0.2) is 8.42 Å². The van der Waals surface area contributed by atoms with Crippen molar-refractivity contribution in [2.45, 2.75) is 19.4 Å². The Balaban J connectivity index is 2.15. The molecule has 0 spiro atoms. The molecule has 2 N–H and O–H groups in total. The van der Waals surface area contributed by atoms with Crippen LogP contribution in [0.4, 0.5) is 5.69 Å². The molecule has 0 aliphatic heterocycles. The third-order valence-corrected chi connectivity index (χ3v) is 3.95. The summed E-state index contributed by atoms with van der Waals surface area (Å²) < 4.78 is 24.9. The maximum Gasteiger partial charge on any atom is 0.251 e. The molecule has 0 aromatic heterocycles. The highest BCUT2D eigenvalue weighted by Crippen LogP contribution is 2.18. The molecule has 1 unspecified atom stereocenters. The maximum atomic E-state index is 12.4. The zero-order valence-corrected chi connectivity index (χ0v) is 13.9. The fraction of sp³-hybridized carbons (Fsp3) is 0.235. The molecule has 1 amide bonds. The first kappa shape index (κ1) is 17.0. The van der Waals surface area contributed by atoms with Gasteiger partial charge in [-0.15, -0.1) is 0 Å².